The van der Waals surface area contributed by atoms with Gasteiger partial charge in [0, 0.05) is 13.1 Å². The number of hydrogen-bond acceptors (Lipinski definition) is 3. The second kappa shape index (κ2) is 4.76. The molecule has 1 heterocycles. The Kier molecular flexibility index (Phi) is 3.51. The Morgan fingerprint density at radius 1 is 1.35 bits per heavy atom. The molecule has 94 valence electrons. The Labute approximate surface area is 102 Å². The van der Waals surface area contributed by atoms with Crippen LogP contribution in [0.3, 0.4) is 0 Å². The molecule has 1 aromatic rings. The Hall–Kier alpha value is -0.910. The average molecular weight is 255 g/mol. The maximum atomic E-state index is 12.4. The van der Waals surface area contributed by atoms with Gasteiger partial charge in [-0.15, -0.1) is 0 Å². The molecule has 1 aliphatic heterocycles. The number of hydrogen-bond donors (Lipinski definition) is 1. The molecule has 1 aromatic carbocycles. The van der Waals surface area contributed by atoms with E-state index in [1.54, 1.807) is 25.1 Å². The van der Waals surface area contributed by atoms with E-state index in [-0.39, 0.29) is 6.54 Å². The van der Waals surface area contributed by atoms with Crippen LogP contribution in [0.2, 0.25) is 0 Å². The third-order valence-electron chi connectivity index (χ3n) is 3.07. The van der Waals surface area contributed by atoms with Gasteiger partial charge >= 0.3 is 0 Å². The highest BCUT2D eigenvalue weighted by molar-refractivity contribution is 7.89. The summed E-state index contributed by atoms with van der Waals surface area (Å²) in [6.45, 7) is 2.48. The van der Waals surface area contributed by atoms with Crippen molar-refractivity contribution in [1.29, 1.82) is 0 Å². The van der Waals surface area contributed by atoms with Crippen LogP contribution in [0.15, 0.2) is 29.2 Å². The highest BCUT2D eigenvalue weighted by Gasteiger charge is 2.30. The highest BCUT2D eigenvalue weighted by atomic mass is 32.2. The first-order chi connectivity index (χ1) is 8.01. The van der Waals surface area contributed by atoms with Crippen LogP contribution in [0.1, 0.15) is 18.4 Å². The third kappa shape index (κ3) is 2.51. The maximum Gasteiger partial charge on any atom is 0.243 e. The van der Waals surface area contributed by atoms with Gasteiger partial charge in [-0.1, -0.05) is 18.2 Å². The van der Waals surface area contributed by atoms with Crippen molar-refractivity contribution in [3.8, 4) is 0 Å². The molecule has 0 aliphatic carbocycles. The number of benzene rings is 1. The van der Waals surface area contributed by atoms with Crippen LogP contribution in [0.5, 0.6) is 0 Å². The van der Waals surface area contributed by atoms with Gasteiger partial charge in [0.2, 0.25) is 10.0 Å². The summed E-state index contributed by atoms with van der Waals surface area (Å²) in [5.41, 5.74) is 0.743. The van der Waals surface area contributed by atoms with E-state index in [1.807, 2.05) is 6.07 Å². The lowest BCUT2D eigenvalue weighted by atomic mass is 10.1. The normalized spacial score (nSPS) is 22.6. The molecule has 1 fully saturated rings. The quantitative estimate of drug-likeness (QED) is 0.862. The monoisotopic (exact) mass is 255 g/mol. The van der Waals surface area contributed by atoms with E-state index in [0.717, 1.165) is 5.56 Å². The van der Waals surface area contributed by atoms with Crippen molar-refractivity contribution in [2.24, 2.45) is 0 Å². The Morgan fingerprint density at radius 2 is 2.06 bits per heavy atom. The molecule has 0 amide bonds. The zero-order valence-electron chi connectivity index (χ0n) is 9.83. The molecule has 4 nitrogen and oxygen atoms in total. The van der Waals surface area contributed by atoms with Crippen LogP contribution >= 0.6 is 0 Å². The minimum atomic E-state index is -3.45. The van der Waals surface area contributed by atoms with Gasteiger partial charge in [-0.2, -0.15) is 4.31 Å². The zero-order chi connectivity index (χ0) is 12.5. The van der Waals surface area contributed by atoms with Gasteiger partial charge in [0.1, 0.15) is 0 Å². The van der Waals surface area contributed by atoms with Crippen molar-refractivity contribution >= 4 is 10.0 Å². The van der Waals surface area contributed by atoms with Gasteiger partial charge < -0.3 is 5.11 Å². The van der Waals surface area contributed by atoms with Gasteiger partial charge in [0.15, 0.2) is 0 Å². The number of sulfonamides is 1. The summed E-state index contributed by atoms with van der Waals surface area (Å²) in [6.07, 6.45) is 0.856. The van der Waals surface area contributed by atoms with Crippen molar-refractivity contribution in [3.05, 3.63) is 29.8 Å². The summed E-state index contributed by atoms with van der Waals surface area (Å²) in [7, 11) is -3.45. The van der Waals surface area contributed by atoms with Gasteiger partial charge in [0.25, 0.3) is 0 Å². The molecule has 0 spiro atoms. The fourth-order valence-electron chi connectivity index (χ4n) is 2.12. The summed E-state index contributed by atoms with van der Waals surface area (Å²) in [4.78, 5) is 0.342. The number of aliphatic hydroxyl groups excluding tert-OH is 1. The minimum absolute atomic E-state index is 0.205. The fraction of sp³-hybridized carbons (Fsp3) is 0.500. The molecule has 1 aliphatic rings. The second-order valence-electron chi connectivity index (χ2n) is 4.42. The maximum absolute atomic E-state index is 12.4. The molecule has 17 heavy (non-hydrogen) atoms. The number of β-amino-alcohol motifs (C(OH)–C–C–N with tert-alkyl or cyclic N) is 1. The molecule has 1 atom stereocenters. The van der Waals surface area contributed by atoms with E-state index in [1.165, 1.54) is 4.31 Å². The third-order valence-corrected chi connectivity index (χ3v) is 5.10. The molecule has 0 aromatic heterocycles. The van der Waals surface area contributed by atoms with Gasteiger partial charge in [0.05, 0.1) is 11.0 Å². The average Bonchev–Trinajstić information content (AvgIpc) is 2.29. The Morgan fingerprint density at radius 3 is 2.71 bits per heavy atom. The summed E-state index contributed by atoms with van der Waals surface area (Å²) in [6, 6.07) is 6.94. The van der Waals surface area contributed by atoms with E-state index in [2.05, 4.69) is 0 Å². The topological polar surface area (TPSA) is 57.6 Å². The molecule has 0 bridgehead atoms. The number of nitrogens with zero attached hydrogens (tertiary/aromatic N) is 1. The molecular weight excluding hydrogens is 238 g/mol. The van der Waals surface area contributed by atoms with Crippen LogP contribution in [0, 0.1) is 6.92 Å². The van der Waals surface area contributed by atoms with Crippen molar-refractivity contribution in [1.82, 2.24) is 4.31 Å². The molecule has 0 radical (unpaired) electrons. The van der Waals surface area contributed by atoms with Crippen molar-refractivity contribution in [2.45, 2.75) is 30.8 Å². The van der Waals surface area contributed by atoms with Crippen molar-refractivity contribution in [3.63, 3.8) is 0 Å². The molecule has 1 N–H and O–H groups in total. The lowest BCUT2D eigenvalue weighted by Gasteiger charge is -2.29. The predicted molar refractivity (Wildman–Crippen MR) is 65.2 cm³/mol. The summed E-state index contributed by atoms with van der Waals surface area (Å²) in [5.74, 6) is 0. The lowest BCUT2D eigenvalue weighted by Crippen LogP contribution is -2.42. The molecular formula is C12H17NO3S. The molecule has 0 saturated carbocycles. The summed E-state index contributed by atoms with van der Waals surface area (Å²) >= 11 is 0. The predicted octanol–water partition coefficient (Wildman–Crippen LogP) is 1.14. The van der Waals surface area contributed by atoms with Crippen LogP contribution in [0.4, 0.5) is 0 Å². The van der Waals surface area contributed by atoms with E-state index in [0.29, 0.717) is 24.3 Å². The van der Waals surface area contributed by atoms with Gasteiger partial charge in [-0.25, -0.2) is 8.42 Å². The summed E-state index contributed by atoms with van der Waals surface area (Å²) < 4.78 is 26.1. The number of aliphatic hydroxyl groups is 1. The van der Waals surface area contributed by atoms with E-state index >= 15 is 0 Å². The minimum Gasteiger partial charge on any atom is -0.392 e. The SMILES string of the molecule is Cc1ccccc1S(=O)(=O)N1CCCC(O)C1. The lowest BCUT2D eigenvalue weighted by molar-refractivity contribution is 0.108. The number of aryl methyl sites for hydroxylation is 1. The number of piperidine rings is 1. The summed E-state index contributed by atoms with van der Waals surface area (Å²) in [5, 5.41) is 9.55. The van der Waals surface area contributed by atoms with Crippen LogP contribution < -0.4 is 0 Å². The smallest absolute Gasteiger partial charge is 0.243 e. The van der Waals surface area contributed by atoms with Crippen LogP contribution in [0.25, 0.3) is 0 Å². The number of rotatable bonds is 2. The Balaban J connectivity index is 2.33. The molecule has 5 heteroatoms. The van der Waals surface area contributed by atoms with Crippen LogP contribution in [-0.2, 0) is 10.0 Å². The van der Waals surface area contributed by atoms with E-state index < -0.39 is 16.1 Å². The second-order valence-corrected chi connectivity index (χ2v) is 6.33. The largest absolute Gasteiger partial charge is 0.392 e. The molecule has 1 unspecified atom stereocenters. The van der Waals surface area contributed by atoms with Crippen LogP contribution in [-0.4, -0.2) is 37.0 Å². The first-order valence-corrected chi connectivity index (χ1v) is 7.19. The molecule has 2 rings (SSSR count). The van der Waals surface area contributed by atoms with Gasteiger partial charge in [-0.05, 0) is 31.4 Å². The molecule has 1 saturated heterocycles. The standard InChI is InChI=1S/C12H17NO3S/c1-10-5-2-3-7-12(10)17(15,16)13-8-4-6-11(14)9-13/h2-3,5,7,11,14H,4,6,8-9H2,1H3. The van der Waals surface area contributed by atoms with E-state index in [4.69, 9.17) is 0 Å². The zero-order valence-corrected chi connectivity index (χ0v) is 10.7. The first-order valence-electron chi connectivity index (χ1n) is 5.75. The first kappa shape index (κ1) is 12.5. The van der Waals surface area contributed by atoms with Crippen molar-refractivity contribution in [2.75, 3.05) is 13.1 Å². The van der Waals surface area contributed by atoms with Gasteiger partial charge in [-0.3, -0.25) is 0 Å². The van der Waals surface area contributed by atoms with E-state index in [9.17, 15) is 13.5 Å². The van der Waals surface area contributed by atoms with Crippen molar-refractivity contribution < 1.29 is 13.5 Å². The Bertz CT molecular complexity index is 498. The fourth-order valence-corrected chi connectivity index (χ4v) is 3.87. The highest BCUT2D eigenvalue weighted by Crippen LogP contribution is 2.22.